The molecule has 0 spiro atoms. The van der Waals surface area contributed by atoms with Crippen molar-refractivity contribution in [2.75, 3.05) is 24.2 Å². The number of halogens is 4. The molecule has 178 valence electrons. The Balaban J connectivity index is 2.03. The molecule has 0 aliphatic heterocycles. The van der Waals surface area contributed by atoms with Crippen LogP contribution in [0.5, 0.6) is 0 Å². The zero-order valence-corrected chi connectivity index (χ0v) is 19.1. The molecule has 2 aromatic rings. The van der Waals surface area contributed by atoms with Crippen LogP contribution in [-0.2, 0) is 15.7 Å². The second-order valence-electron chi connectivity index (χ2n) is 8.11. The minimum Gasteiger partial charge on any atom is -0.444 e. The molecule has 2 aromatic carbocycles. The van der Waals surface area contributed by atoms with Crippen molar-refractivity contribution in [1.29, 1.82) is 0 Å². The van der Waals surface area contributed by atoms with Crippen molar-refractivity contribution in [2.45, 2.75) is 32.5 Å². The molecule has 0 fully saturated rings. The van der Waals surface area contributed by atoms with Crippen molar-refractivity contribution in [1.82, 2.24) is 4.90 Å². The summed E-state index contributed by atoms with van der Waals surface area (Å²) in [5.74, 6) is -1.24. The molecular formula is C22H23ClF3N3O4. The molecule has 0 bridgehead atoms. The van der Waals surface area contributed by atoms with Crippen LogP contribution in [0.4, 0.5) is 29.3 Å². The second kappa shape index (κ2) is 10.1. The van der Waals surface area contributed by atoms with E-state index in [0.29, 0.717) is 11.8 Å². The highest BCUT2D eigenvalue weighted by molar-refractivity contribution is 6.31. The SMILES string of the molecule is CN(CC(=O)Nc1ccc(Cl)c(C(F)(F)F)c1)C(=O)c1cccc(NC(=O)OC(C)(C)C)c1. The molecule has 0 radical (unpaired) electrons. The van der Waals surface area contributed by atoms with Gasteiger partial charge in [-0.2, -0.15) is 13.2 Å². The molecular weight excluding hydrogens is 463 g/mol. The Morgan fingerprint density at radius 2 is 1.64 bits per heavy atom. The summed E-state index contributed by atoms with van der Waals surface area (Å²) in [6, 6.07) is 8.97. The molecule has 2 N–H and O–H groups in total. The third kappa shape index (κ3) is 7.98. The lowest BCUT2D eigenvalue weighted by Gasteiger charge is -2.20. The molecule has 0 aliphatic rings. The number of hydrogen-bond acceptors (Lipinski definition) is 4. The van der Waals surface area contributed by atoms with E-state index in [1.165, 1.54) is 25.2 Å². The van der Waals surface area contributed by atoms with Crippen molar-refractivity contribution in [3.8, 4) is 0 Å². The second-order valence-corrected chi connectivity index (χ2v) is 8.52. The number of amides is 3. The molecule has 0 unspecified atom stereocenters. The largest absolute Gasteiger partial charge is 0.444 e. The number of nitrogens with one attached hydrogen (secondary N) is 2. The van der Waals surface area contributed by atoms with Crippen LogP contribution in [0.2, 0.25) is 5.02 Å². The number of anilines is 2. The van der Waals surface area contributed by atoms with E-state index >= 15 is 0 Å². The van der Waals surface area contributed by atoms with Gasteiger partial charge in [0.05, 0.1) is 17.1 Å². The maximum atomic E-state index is 13.0. The molecule has 2 rings (SSSR count). The van der Waals surface area contributed by atoms with Crippen molar-refractivity contribution in [2.24, 2.45) is 0 Å². The Morgan fingerprint density at radius 3 is 2.24 bits per heavy atom. The van der Waals surface area contributed by atoms with Gasteiger partial charge in [-0.1, -0.05) is 17.7 Å². The van der Waals surface area contributed by atoms with Crippen LogP contribution >= 0.6 is 11.6 Å². The fourth-order valence-electron chi connectivity index (χ4n) is 2.68. The number of nitrogens with zero attached hydrogens (tertiary/aromatic N) is 1. The van der Waals surface area contributed by atoms with Crippen LogP contribution in [0.3, 0.4) is 0 Å². The van der Waals surface area contributed by atoms with E-state index in [9.17, 15) is 27.6 Å². The standard InChI is InChI=1S/C22H23ClF3N3O4/c1-21(2,3)33-20(32)28-14-7-5-6-13(10-14)19(31)29(4)12-18(30)27-15-8-9-17(23)16(11-15)22(24,25)26/h5-11H,12H2,1-4H3,(H,27,30)(H,28,32). The number of carbonyl (C=O) groups is 3. The Labute approximate surface area is 193 Å². The molecule has 0 heterocycles. The molecule has 0 atom stereocenters. The Hall–Kier alpha value is -3.27. The monoisotopic (exact) mass is 485 g/mol. The summed E-state index contributed by atoms with van der Waals surface area (Å²) in [6.07, 6.45) is -5.37. The maximum Gasteiger partial charge on any atom is 0.417 e. The van der Waals surface area contributed by atoms with Gasteiger partial charge >= 0.3 is 12.3 Å². The highest BCUT2D eigenvalue weighted by atomic mass is 35.5. The molecule has 11 heteroatoms. The molecule has 0 saturated heterocycles. The molecule has 7 nitrogen and oxygen atoms in total. The van der Waals surface area contributed by atoms with Crippen molar-refractivity contribution in [3.63, 3.8) is 0 Å². The van der Waals surface area contributed by atoms with Gasteiger partial charge in [0.1, 0.15) is 5.60 Å². The first kappa shape index (κ1) is 26.0. The molecule has 33 heavy (non-hydrogen) atoms. The fraction of sp³-hybridized carbons (Fsp3) is 0.318. The Kier molecular flexibility index (Phi) is 7.97. The van der Waals surface area contributed by atoms with E-state index in [0.717, 1.165) is 11.0 Å². The number of likely N-dealkylation sites (N-methyl/N-ethyl adjacent to an activating group) is 1. The zero-order chi connectivity index (χ0) is 25.0. The normalized spacial score (nSPS) is 11.5. The topological polar surface area (TPSA) is 87.7 Å². The van der Waals surface area contributed by atoms with Crippen LogP contribution in [0.25, 0.3) is 0 Å². The summed E-state index contributed by atoms with van der Waals surface area (Å²) in [5.41, 5.74) is -1.39. The van der Waals surface area contributed by atoms with Gasteiger partial charge < -0.3 is 15.0 Å². The summed E-state index contributed by atoms with van der Waals surface area (Å²) >= 11 is 5.57. The maximum absolute atomic E-state index is 13.0. The average molecular weight is 486 g/mol. The smallest absolute Gasteiger partial charge is 0.417 e. The lowest BCUT2D eigenvalue weighted by atomic mass is 10.1. The van der Waals surface area contributed by atoms with Gasteiger partial charge in [-0.15, -0.1) is 0 Å². The predicted octanol–water partition coefficient (Wildman–Crippen LogP) is 5.42. The molecule has 3 amide bonds. The van der Waals surface area contributed by atoms with E-state index in [1.54, 1.807) is 32.9 Å². The van der Waals surface area contributed by atoms with E-state index in [2.05, 4.69) is 10.6 Å². The number of alkyl halides is 3. The summed E-state index contributed by atoms with van der Waals surface area (Å²) in [7, 11) is 1.36. The van der Waals surface area contributed by atoms with E-state index in [1.807, 2.05) is 0 Å². The van der Waals surface area contributed by atoms with E-state index in [-0.39, 0.29) is 11.3 Å². The van der Waals surface area contributed by atoms with Crippen LogP contribution in [-0.4, -0.2) is 42.0 Å². The summed E-state index contributed by atoms with van der Waals surface area (Å²) < 4.78 is 44.1. The first-order chi connectivity index (χ1) is 15.2. The van der Waals surface area contributed by atoms with Crippen molar-refractivity contribution in [3.05, 3.63) is 58.6 Å². The number of ether oxygens (including phenoxy) is 1. The Bertz CT molecular complexity index is 1050. The van der Waals surface area contributed by atoms with Crippen LogP contribution < -0.4 is 10.6 Å². The summed E-state index contributed by atoms with van der Waals surface area (Å²) in [5, 5.41) is 4.33. The highest BCUT2D eigenvalue weighted by Gasteiger charge is 2.33. The average Bonchev–Trinajstić information content (AvgIpc) is 2.66. The van der Waals surface area contributed by atoms with E-state index < -0.39 is 46.8 Å². The highest BCUT2D eigenvalue weighted by Crippen LogP contribution is 2.36. The van der Waals surface area contributed by atoms with Gasteiger partial charge in [0.15, 0.2) is 0 Å². The first-order valence-electron chi connectivity index (χ1n) is 9.68. The minimum absolute atomic E-state index is 0.110. The number of hydrogen-bond donors (Lipinski definition) is 2. The first-order valence-corrected chi connectivity index (χ1v) is 10.1. The molecule has 0 aliphatic carbocycles. The van der Waals surface area contributed by atoms with E-state index in [4.69, 9.17) is 16.3 Å². The quantitative estimate of drug-likeness (QED) is 0.592. The van der Waals surface area contributed by atoms with Crippen LogP contribution in [0, 0.1) is 0 Å². The van der Waals surface area contributed by atoms with Gasteiger partial charge in [-0.05, 0) is 57.2 Å². The molecule has 0 aromatic heterocycles. The van der Waals surface area contributed by atoms with Crippen LogP contribution in [0.15, 0.2) is 42.5 Å². The Morgan fingerprint density at radius 1 is 1.00 bits per heavy atom. The third-order valence-corrected chi connectivity index (χ3v) is 4.37. The minimum atomic E-state index is -4.68. The predicted molar refractivity (Wildman–Crippen MR) is 118 cm³/mol. The van der Waals surface area contributed by atoms with Crippen LogP contribution in [0.1, 0.15) is 36.7 Å². The lowest BCUT2D eigenvalue weighted by molar-refractivity contribution is -0.137. The molecule has 0 saturated carbocycles. The number of benzene rings is 2. The lowest BCUT2D eigenvalue weighted by Crippen LogP contribution is -2.35. The third-order valence-electron chi connectivity index (χ3n) is 4.04. The number of rotatable bonds is 5. The van der Waals surface area contributed by atoms with Crippen molar-refractivity contribution < 1.29 is 32.3 Å². The number of carbonyl (C=O) groups excluding carboxylic acids is 3. The summed E-state index contributed by atoms with van der Waals surface area (Å²) in [4.78, 5) is 37.9. The van der Waals surface area contributed by atoms with Gasteiger partial charge in [0, 0.05) is 24.0 Å². The summed E-state index contributed by atoms with van der Waals surface area (Å²) in [6.45, 7) is 4.70. The van der Waals surface area contributed by atoms with Gasteiger partial charge in [0.25, 0.3) is 5.91 Å². The zero-order valence-electron chi connectivity index (χ0n) is 18.3. The fourth-order valence-corrected chi connectivity index (χ4v) is 2.90. The van der Waals surface area contributed by atoms with Gasteiger partial charge in [-0.3, -0.25) is 14.9 Å². The van der Waals surface area contributed by atoms with Gasteiger partial charge in [0.2, 0.25) is 5.91 Å². The van der Waals surface area contributed by atoms with Gasteiger partial charge in [-0.25, -0.2) is 4.79 Å². The van der Waals surface area contributed by atoms with Crippen molar-refractivity contribution >= 4 is 40.9 Å².